The molecule has 126 valence electrons. The average molecular weight is 345 g/mol. The Morgan fingerprint density at radius 2 is 1.92 bits per heavy atom. The van der Waals surface area contributed by atoms with Gasteiger partial charge in [-0.25, -0.2) is 4.79 Å². The van der Waals surface area contributed by atoms with Crippen LogP contribution in [-0.2, 0) is 16.0 Å². The molecule has 0 saturated heterocycles. The molecule has 0 aromatic heterocycles. The Balaban J connectivity index is 2.12. The van der Waals surface area contributed by atoms with Crippen molar-refractivity contribution in [3.63, 3.8) is 0 Å². The number of carbonyl (C=O) groups excluding carboxylic acids is 1. The van der Waals surface area contributed by atoms with Crippen LogP contribution in [0, 0.1) is 5.92 Å². The molecular weight excluding hydrogens is 324 g/mol. The van der Waals surface area contributed by atoms with E-state index < -0.39 is 5.97 Å². The maximum atomic E-state index is 11.1. The fraction of sp³-hybridized carbons (Fsp3) is 0.250. The number of esters is 1. The molecule has 24 heavy (non-hydrogen) atoms. The first-order chi connectivity index (χ1) is 11.5. The minimum atomic E-state index is -0.423. The van der Waals surface area contributed by atoms with Crippen molar-refractivity contribution >= 4 is 23.6 Å². The Morgan fingerprint density at radius 1 is 1.17 bits per heavy atom. The molecule has 0 bridgehead atoms. The van der Waals surface area contributed by atoms with Crippen molar-refractivity contribution < 1.29 is 14.3 Å². The zero-order valence-corrected chi connectivity index (χ0v) is 14.8. The molecule has 0 aliphatic carbocycles. The highest BCUT2D eigenvalue weighted by Gasteiger charge is 2.04. The van der Waals surface area contributed by atoms with E-state index in [4.69, 9.17) is 16.3 Å². The maximum Gasteiger partial charge on any atom is 0.330 e. The van der Waals surface area contributed by atoms with Crippen molar-refractivity contribution in [1.82, 2.24) is 0 Å². The van der Waals surface area contributed by atoms with Gasteiger partial charge in [-0.2, -0.15) is 0 Å². The SMILES string of the molecule is COC(=O)/C=C/c1ccc(Oc2cccc(CC(C)C)c2)cc1Cl. The zero-order valence-electron chi connectivity index (χ0n) is 14.1. The fourth-order valence-corrected chi connectivity index (χ4v) is 2.51. The summed E-state index contributed by atoms with van der Waals surface area (Å²) in [6.07, 6.45) is 3.95. The lowest BCUT2D eigenvalue weighted by Gasteiger charge is -2.10. The second kappa shape index (κ2) is 8.55. The standard InChI is InChI=1S/C20H21ClO3/c1-14(2)11-15-5-4-6-17(12-15)24-18-9-7-16(19(21)13-18)8-10-20(22)23-3/h4-10,12-14H,11H2,1-3H3/b10-8+. The summed E-state index contributed by atoms with van der Waals surface area (Å²) in [5.41, 5.74) is 1.97. The largest absolute Gasteiger partial charge is 0.466 e. The molecule has 0 aliphatic heterocycles. The van der Waals surface area contributed by atoms with Gasteiger partial charge in [0.2, 0.25) is 0 Å². The van der Waals surface area contributed by atoms with Crippen molar-refractivity contribution in [2.75, 3.05) is 7.11 Å². The van der Waals surface area contributed by atoms with E-state index in [2.05, 4.69) is 24.7 Å². The molecule has 2 aromatic carbocycles. The number of hydrogen-bond acceptors (Lipinski definition) is 3. The van der Waals surface area contributed by atoms with Gasteiger partial charge >= 0.3 is 5.97 Å². The molecule has 0 saturated carbocycles. The van der Waals surface area contributed by atoms with Gasteiger partial charge in [-0.05, 0) is 59.9 Å². The van der Waals surface area contributed by atoms with Crippen LogP contribution in [0.25, 0.3) is 6.08 Å². The lowest BCUT2D eigenvalue weighted by Crippen LogP contribution is -1.94. The Hall–Kier alpha value is -2.26. The summed E-state index contributed by atoms with van der Waals surface area (Å²) in [7, 11) is 1.33. The summed E-state index contributed by atoms with van der Waals surface area (Å²) >= 11 is 6.24. The number of carbonyl (C=O) groups is 1. The van der Waals surface area contributed by atoms with Crippen LogP contribution in [0.4, 0.5) is 0 Å². The van der Waals surface area contributed by atoms with Gasteiger partial charge < -0.3 is 9.47 Å². The van der Waals surface area contributed by atoms with E-state index in [1.807, 2.05) is 24.3 Å². The third-order valence-corrected chi connectivity index (χ3v) is 3.68. The van der Waals surface area contributed by atoms with Crippen LogP contribution in [0.1, 0.15) is 25.0 Å². The van der Waals surface area contributed by atoms with Crippen molar-refractivity contribution in [3.05, 3.63) is 64.7 Å². The molecule has 0 aliphatic rings. The smallest absolute Gasteiger partial charge is 0.330 e. The van der Waals surface area contributed by atoms with Gasteiger partial charge in [-0.3, -0.25) is 0 Å². The van der Waals surface area contributed by atoms with Crippen LogP contribution in [0.5, 0.6) is 11.5 Å². The van der Waals surface area contributed by atoms with Gasteiger partial charge in [0.1, 0.15) is 11.5 Å². The number of rotatable bonds is 6. The minimum Gasteiger partial charge on any atom is -0.466 e. The van der Waals surface area contributed by atoms with Gasteiger partial charge in [-0.15, -0.1) is 0 Å². The highest BCUT2D eigenvalue weighted by molar-refractivity contribution is 6.32. The fourth-order valence-electron chi connectivity index (χ4n) is 2.28. The van der Waals surface area contributed by atoms with Crippen LogP contribution in [0.15, 0.2) is 48.5 Å². The van der Waals surface area contributed by atoms with E-state index in [0.717, 1.165) is 17.7 Å². The van der Waals surface area contributed by atoms with Gasteiger partial charge in [0, 0.05) is 6.08 Å². The van der Waals surface area contributed by atoms with E-state index in [1.165, 1.54) is 18.7 Å². The first-order valence-electron chi connectivity index (χ1n) is 7.80. The number of benzene rings is 2. The first kappa shape index (κ1) is 18.1. The van der Waals surface area contributed by atoms with Gasteiger partial charge in [0.25, 0.3) is 0 Å². The lowest BCUT2D eigenvalue weighted by atomic mass is 10.0. The molecule has 0 spiro atoms. The Kier molecular flexibility index (Phi) is 6.44. The van der Waals surface area contributed by atoms with E-state index in [0.29, 0.717) is 16.7 Å². The van der Waals surface area contributed by atoms with Crippen molar-refractivity contribution in [2.24, 2.45) is 5.92 Å². The Morgan fingerprint density at radius 3 is 2.58 bits per heavy atom. The summed E-state index contributed by atoms with van der Waals surface area (Å²) < 4.78 is 10.4. The summed E-state index contributed by atoms with van der Waals surface area (Å²) in [5.74, 6) is 1.60. The molecule has 3 nitrogen and oxygen atoms in total. The van der Waals surface area contributed by atoms with Crippen molar-refractivity contribution in [1.29, 1.82) is 0 Å². The quantitative estimate of drug-likeness (QED) is 0.511. The van der Waals surface area contributed by atoms with Crippen molar-refractivity contribution in [2.45, 2.75) is 20.3 Å². The number of halogens is 1. The maximum absolute atomic E-state index is 11.1. The monoisotopic (exact) mass is 344 g/mol. The average Bonchev–Trinajstić information content (AvgIpc) is 2.53. The summed E-state index contributed by atoms with van der Waals surface area (Å²) in [6, 6.07) is 13.4. The van der Waals surface area contributed by atoms with E-state index in [-0.39, 0.29) is 0 Å². The molecule has 0 atom stereocenters. The minimum absolute atomic E-state index is 0.423. The van der Waals surface area contributed by atoms with Gasteiger partial charge in [0.05, 0.1) is 12.1 Å². The van der Waals surface area contributed by atoms with Crippen LogP contribution in [-0.4, -0.2) is 13.1 Å². The molecule has 0 heterocycles. The predicted molar refractivity (Wildman–Crippen MR) is 97.6 cm³/mol. The van der Waals surface area contributed by atoms with Crippen LogP contribution in [0.2, 0.25) is 5.02 Å². The Bertz CT molecular complexity index is 735. The molecule has 0 fully saturated rings. The summed E-state index contributed by atoms with van der Waals surface area (Å²) in [5, 5.41) is 0.506. The lowest BCUT2D eigenvalue weighted by molar-refractivity contribution is -0.134. The number of ether oxygens (including phenoxy) is 2. The second-order valence-electron chi connectivity index (χ2n) is 5.89. The summed E-state index contributed by atoms with van der Waals surface area (Å²) in [4.78, 5) is 11.1. The van der Waals surface area contributed by atoms with E-state index in [1.54, 1.807) is 18.2 Å². The van der Waals surface area contributed by atoms with Crippen LogP contribution < -0.4 is 4.74 Å². The molecule has 0 radical (unpaired) electrons. The highest BCUT2D eigenvalue weighted by atomic mass is 35.5. The van der Waals surface area contributed by atoms with Crippen LogP contribution >= 0.6 is 11.6 Å². The molecule has 0 unspecified atom stereocenters. The molecular formula is C20H21ClO3. The van der Waals surface area contributed by atoms with Crippen LogP contribution in [0.3, 0.4) is 0 Å². The van der Waals surface area contributed by atoms with Gasteiger partial charge in [-0.1, -0.05) is 37.6 Å². The molecule has 4 heteroatoms. The first-order valence-corrected chi connectivity index (χ1v) is 8.18. The topological polar surface area (TPSA) is 35.5 Å². The Labute approximate surface area is 147 Å². The zero-order chi connectivity index (χ0) is 17.5. The number of methoxy groups -OCH3 is 1. The molecule has 0 amide bonds. The second-order valence-corrected chi connectivity index (χ2v) is 6.29. The van der Waals surface area contributed by atoms with E-state index in [9.17, 15) is 4.79 Å². The van der Waals surface area contributed by atoms with Crippen molar-refractivity contribution in [3.8, 4) is 11.5 Å². The predicted octanol–water partition coefficient (Wildman–Crippen LogP) is 5.52. The van der Waals surface area contributed by atoms with Gasteiger partial charge in [0.15, 0.2) is 0 Å². The molecule has 0 N–H and O–H groups in total. The molecule has 2 aromatic rings. The van der Waals surface area contributed by atoms with E-state index >= 15 is 0 Å². The number of hydrogen-bond donors (Lipinski definition) is 0. The normalized spacial score (nSPS) is 11.0. The third-order valence-electron chi connectivity index (χ3n) is 3.35. The summed E-state index contributed by atoms with van der Waals surface area (Å²) in [6.45, 7) is 4.38. The molecule has 2 rings (SSSR count). The highest BCUT2D eigenvalue weighted by Crippen LogP contribution is 2.28. The third kappa shape index (κ3) is 5.43.